The number of ether oxygens (including phenoxy) is 1. The van der Waals surface area contributed by atoms with Crippen LogP contribution in [0.4, 0.5) is 0 Å². The van der Waals surface area contributed by atoms with Gasteiger partial charge in [-0.1, -0.05) is 57.1 Å². The molecule has 0 radical (unpaired) electrons. The first-order valence-corrected chi connectivity index (χ1v) is 10.8. The first-order chi connectivity index (χ1) is 14.7. The zero-order valence-electron chi connectivity index (χ0n) is 18.8. The number of rotatable bonds is 5. The summed E-state index contributed by atoms with van der Waals surface area (Å²) in [6.45, 7) is 11.2. The lowest BCUT2D eigenvalue weighted by Crippen LogP contribution is -2.29. The lowest BCUT2D eigenvalue weighted by atomic mass is 9.67. The van der Waals surface area contributed by atoms with Crippen LogP contribution in [-0.4, -0.2) is 20.6 Å². The van der Waals surface area contributed by atoms with Crippen molar-refractivity contribution < 1.29 is 9.26 Å². The fourth-order valence-electron chi connectivity index (χ4n) is 4.39. The van der Waals surface area contributed by atoms with Gasteiger partial charge in [0.25, 0.3) is 5.89 Å². The molecule has 0 unspecified atom stereocenters. The highest BCUT2D eigenvalue weighted by molar-refractivity contribution is 5.54. The molecule has 0 aliphatic heterocycles. The normalized spacial score (nSPS) is 19.6. The number of allylic oxidation sites excluding steroid dienone is 2. The Morgan fingerprint density at radius 1 is 1.00 bits per heavy atom. The van der Waals surface area contributed by atoms with E-state index in [4.69, 9.17) is 14.2 Å². The Bertz CT molecular complexity index is 1140. The monoisotopic (exact) mass is 416 g/mol. The van der Waals surface area contributed by atoms with Gasteiger partial charge in [-0.3, -0.25) is 4.98 Å². The van der Waals surface area contributed by atoms with Gasteiger partial charge in [0.15, 0.2) is 5.60 Å². The largest absolute Gasteiger partial charge is 0.481 e. The molecule has 160 valence electrons. The number of aromatic nitrogens is 4. The van der Waals surface area contributed by atoms with E-state index in [0.29, 0.717) is 12.3 Å². The lowest BCUT2D eigenvalue weighted by molar-refractivity contribution is 0.174. The molecule has 1 aromatic carbocycles. The van der Waals surface area contributed by atoms with Crippen molar-refractivity contribution in [2.75, 3.05) is 0 Å². The van der Waals surface area contributed by atoms with E-state index in [0.717, 1.165) is 29.8 Å². The number of pyridine rings is 1. The molecule has 31 heavy (non-hydrogen) atoms. The van der Waals surface area contributed by atoms with Crippen LogP contribution in [0.3, 0.4) is 0 Å². The van der Waals surface area contributed by atoms with Gasteiger partial charge >= 0.3 is 0 Å². The van der Waals surface area contributed by atoms with E-state index >= 15 is 0 Å². The van der Waals surface area contributed by atoms with Crippen molar-refractivity contribution in [3.05, 3.63) is 76.5 Å². The Kier molecular flexibility index (Phi) is 4.33. The van der Waals surface area contributed by atoms with Gasteiger partial charge in [0.1, 0.15) is 5.75 Å². The number of hydrogen-bond donors (Lipinski definition) is 0. The summed E-state index contributed by atoms with van der Waals surface area (Å²) in [5, 5.41) is 10.7. The molecule has 2 aliphatic carbocycles. The number of nitrogens with zero attached hydrogens (tertiary/aromatic N) is 4. The molecular weight excluding hydrogens is 388 g/mol. The van der Waals surface area contributed by atoms with Gasteiger partial charge in [0.2, 0.25) is 0 Å². The van der Waals surface area contributed by atoms with Crippen LogP contribution in [0.5, 0.6) is 5.75 Å². The maximum absolute atomic E-state index is 6.67. The van der Waals surface area contributed by atoms with Crippen molar-refractivity contribution in [3.63, 3.8) is 0 Å². The molecule has 0 spiro atoms. The van der Waals surface area contributed by atoms with Crippen LogP contribution >= 0.6 is 0 Å². The summed E-state index contributed by atoms with van der Waals surface area (Å²) in [4.78, 5) is 4.71. The molecule has 6 nitrogen and oxygen atoms in total. The molecule has 5 rings (SSSR count). The lowest BCUT2D eigenvalue weighted by Gasteiger charge is -2.37. The number of benzene rings is 1. The first-order valence-electron chi connectivity index (χ1n) is 10.8. The molecule has 2 aliphatic rings. The molecule has 0 saturated heterocycles. The van der Waals surface area contributed by atoms with Crippen molar-refractivity contribution >= 4 is 0 Å². The van der Waals surface area contributed by atoms with Crippen molar-refractivity contribution in [3.8, 4) is 5.75 Å². The Labute approximate surface area is 182 Å². The predicted octanol–water partition coefficient (Wildman–Crippen LogP) is 4.95. The maximum Gasteiger partial charge on any atom is 0.252 e. The third-order valence-electron chi connectivity index (χ3n) is 6.62. The topological polar surface area (TPSA) is 73.9 Å². The second kappa shape index (κ2) is 6.74. The summed E-state index contributed by atoms with van der Waals surface area (Å²) in [7, 11) is 0. The summed E-state index contributed by atoms with van der Waals surface area (Å²) in [6.07, 6.45) is 8.97. The molecule has 6 heteroatoms. The summed E-state index contributed by atoms with van der Waals surface area (Å²) < 4.78 is 11.7. The van der Waals surface area contributed by atoms with Gasteiger partial charge in [-0.15, -0.1) is 0 Å². The number of fused-ring (bicyclic) bond motifs is 1. The minimum Gasteiger partial charge on any atom is -0.481 e. The zero-order chi connectivity index (χ0) is 21.9. The Balaban J connectivity index is 1.42. The van der Waals surface area contributed by atoms with Crippen LogP contribution in [0.25, 0.3) is 0 Å². The third kappa shape index (κ3) is 3.54. The second-order valence-corrected chi connectivity index (χ2v) is 10.0. The molecular formula is C25H28N4O2. The smallest absolute Gasteiger partial charge is 0.252 e. The number of aryl methyl sites for hydroxylation is 1. The van der Waals surface area contributed by atoms with Crippen molar-refractivity contribution in [1.29, 1.82) is 0 Å². The van der Waals surface area contributed by atoms with E-state index in [1.807, 2.05) is 12.3 Å². The van der Waals surface area contributed by atoms with Crippen LogP contribution in [-0.2, 0) is 22.9 Å². The average Bonchev–Trinajstić information content (AvgIpc) is 3.33. The van der Waals surface area contributed by atoms with Crippen molar-refractivity contribution in [2.24, 2.45) is 0 Å². The van der Waals surface area contributed by atoms with Crippen LogP contribution in [0.1, 0.15) is 74.4 Å². The highest BCUT2D eigenvalue weighted by Crippen LogP contribution is 2.51. The predicted molar refractivity (Wildman–Crippen MR) is 117 cm³/mol. The van der Waals surface area contributed by atoms with E-state index in [-0.39, 0.29) is 16.4 Å². The molecule has 3 aromatic rings. The van der Waals surface area contributed by atoms with Crippen LogP contribution in [0.2, 0.25) is 0 Å². The summed E-state index contributed by atoms with van der Waals surface area (Å²) in [6, 6.07) is 8.66. The van der Waals surface area contributed by atoms with Crippen LogP contribution < -0.4 is 4.74 Å². The SMILES string of the molecule is Cc1cc2c(cc1OC1(c3ccc(Cc4nnno4)cn3)CC1)C(C)(C)C=CC2(C)C. The summed E-state index contributed by atoms with van der Waals surface area (Å²) in [5.41, 5.74) is 5.54. The van der Waals surface area contributed by atoms with E-state index < -0.39 is 0 Å². The van der Waals surface area contributed by atoms with Crippen molar-refractivity contribution in [2.45, 2.75) is 70.3 Å². The van der Waals surface area contributed by atoms with Gasteiger partial charge in [0, 0.05) is 17.0 Å². The van der Waals surface area contributed by atoms with E-state index in [2.05, 4.69) is 80.6 Å². The Morgan fingerprint density at radius 2 is 1.71 bits per heavy atom. The first kappa shape index (κ1) is 19.9. The summed E-state index contributed by atoms with van der Waals surface area (Å²) in [5.74, 6) is 1.44. The molecule has 2 heterocycles. The number of hydrogen-bond acceptors (Lipinski definition) is 6. The molecule has 1 fully saturated rings. The maximum atomic E-state index is 6.67. The van der Waals surface area contributed by atoms with E-state index in [1.54, 1.807) is 0 Å². The second-order valence-electron chi connectivity index (χ2n) is 10.0. The van der Waals surface area contributed by atoms with E-state index in [1.165, 1.54) is 16.7 Å². The quantitative estimate of drug-likeness (QED) is 0.548. The third-order valence-corrected chi connectivity index (χ3v) is 6.62. The molecule has 1 saturated carbocycles. The fourth-order valence-corrected chi connectivity index (χ4v) is 4.39. The summed E-state index contributed by atoms with van der Waals surface area (Å²) >= 11 is 0. The van der Waals surface area contributed by atoms with Gasteiger partial charge in [-0.05, 0) is 59.4 Å². The highest BCUT2D eigenvalue weighted by atomic mass is 16.5. The van der Waals surface area contributed by atoms with Gasteiger partial charge < -0.3 is 9.26 Å². The fraction of sp³-hybridized carbons (Fsp3) is 0.440. The molecule has 0 bridgehead atoms. The Hall–Kier alpha value is -3.02. The van der Waals surface area contributed by atoms with Gasteiger partial charge in [0.05, 0.1) is 17.4 Å². The minimum absolute atomic E-state index is 0.0170. The Morgan fingerprint density at radius 3 is 2.29 bits per heavy atom. The molecule has 0 amide bonds. The molecule has 0 atom stereocenters. The van der Waals surface area contributed by atoms with E-state index in [9.17, 15) is 0 Å². The van der Waals surface area contributed by atoms with Crippen LogP contribution in [0, 0.1) is 6.92 Å². The van der Waals surface area contributed by atoms with Crippen molar-refractivity contribution in [1.82, 2.24) is 20.6 Å². The standard InChI is InChI=1S/C25H28N4O2/c1-16-12-18-19(24(4,5)9-8-23(18,2)3)14-20(16)30-25(10-11-25)21-7-6-17(15-26-21)13-22-27-28-29-31-22/h6-9,12,14-15H,10-11,13H2,1-5H3. The average molecular weight is 417 g/mol. The molecule has 0 N–H and O–H groups in total. The van der Waals surface area contributed by atoms with Crippen LogP contribution in [0.15, 0.2) is 47.1 Å². The van der Waals surface area contributed by atoms with Gasteiger partial charge in [-0.2, -0.15) is 0 Å². The molecule has 2 aromatic heterocycles. The van der Waals surface area contributed by atoms with Gasteiger partial charge in [-0.25, -0.2) is 0 Å². The zero-order valence-corrected chi connectivity index (χ0v) is 18.8. The highest BCUT2D eigenvalue weighted by Gasteiger charge is 2.49. The minimum atomic E-state index is -0.340.